The monoisotopic (exact) mass is 323 g/mol. The Labute approximate surface area is 126 Å². The lowest BCUT2D eigenvalue weighted by molar-refractivity contribution is 0.217. The van der Waals surface area contributed by atoms with Crippen molar-refractivity contribution < 1.29 is 0 Å². The molecule has 1 fully saturated rings. The second-order valence-electron chi connectivity index (χ2n) is 6.36. The lowest BCUT2D eigenvalue weighted by atomic mass is 9.79. The highest BCUT2D eigenvalue weighted by molar-refractivity contribution is 9.10. The predicted molar refractivity (Wildman–Crippen MR) is 86.4 cm³/mol. The number of hydrogen-bond acceptors (Lipinski definition) is 1. The predicted octanol–water partition coefficient (Wildman–Crippen LogP) is 4.79. The summed E-state index contributed by atoms with van der Waals surface area (Å²) in [5.74, 6) is 1.77. The molecule has 106 valence electrons. The molecule has 4 atom stereocenters. The van der Waals surface area contributed by atoms with E-state index in [0.717, 1.165) is 28.8 Å². The van der Waals surface area contributed by atoms with Crippen molar-refractivity contribution in [3.8, 4) is 0 Å². The van der Waals surface area contributed by atoms with Gasteiger partial charge in [0.15, 0.2) is 0 Å². The highest BCUT2D eigenvalue weighted by Gasteiger charge is 2.25. The van der Waals surface area contributed by atoms with Gasteiger partial charge < -0.3 is 5.32 Å². The van der Waals surface area contributed by atoms with Crippen molar-refractivity contribution in [2.75, 3.05) is 0 Å². The van der Waals surface area contributed by atoms with E-state index < -0.39 is 0 Å². The Kier molecular flexibility index (Phi) is 5.47. The van der Waals surface area contributed by atoms with Crippen molar-refractivity contribution in [3.05, 3.63) is 34.3 Å². The molecular weight excluding hydrogens is 298 g/mol. The van der Waals surface area contributed by atoms with Gasteiger partial charge in [0.2, 0.25) is 0 Å². The number of hydrogen-bond donors (Lipinski definition) is 1. The van der Waals surface area contributed by atoms with Crippen LogP contribution in [0.1, 0.15) is 45.6 Å². The summed E-state index contributed by atoms with van der Waals surface area (Å²) >= 11 is 3.49. The Morgan fingerprint density at radius 3 is 2.47 bits per heavy atom. The average Bonchev–Trinajstić information content (AvgIpc) is 2.37. The van der Waals surface area contributed by atoms with Gasteiger partial charge in [-0.25, -0.2) is 0 Å². The second-order valence-corrected chi connectivity index (χ2v) is 7.28. The molecule has 2 heteroatoms. The maximum atomic E-state index is 3.82. The number of nitrogens with one attached hydrogen (secondary N) is 1. The first kappa shape index (κ1) is 15.1. The van der Waals surface area contributed by atoms with E-state index in [0.29, 0.717) is 6.04 Å². The number of benzene rings is 1. The molecule has 1 aliphatic carbocycles. The highest BCUT2D eigenvalue weighted by Crippen LogP contribution is 2.29. The first-order valence-electron chi connectivity index (χ1n) is 7.55. The molecule has 0 bridgehead atoms. The molecule has 0 spiro atoms. The van der Waals surface area contributed by atoms with Crippen molar-refractivity contribution in [1.82, 2.24) is 5.32 Å². The van der Waals surface area contributed by atoms with Crippen LogP contribution in [0.15, 0.2) is 28.7 Å². The van der Waals surface area contributed by atoms with Crippen molar-refractivity contribution >= 4 is 15.9 Å². The Morgan fingerprint density at radius 1 is 1.16 bits per heavy atom. The molecule has 1 nitrogen and oxygen atoms in total. The van der Waals surface area contributed by atoms with Crippen LogP contribution in [0.3, 0.4) is 0 Å². The minimum atomic E-state index is 0.562. The quantitative estimate of drug-likeness (QED) is 0.839. The van der Waals surface area contributed by atoms with Gasteiger partial charge in [0.05, 0.1) is 0 Å². The Morgan fingerprint density at radius 2 is 1.84 bits per heavy atom. The van der Waals surface area contributed by atoms with Gasteiger partial charge in [-0.05, 0) is 62.1 Å². The van der Waals surface area contributed by atoms with Crippen molar-refractivity contribution in [3.63, 3.8) is 0 Å². The van der Waals surface area contributed by atoms with Gasteiger partial charge >= 0.3 is 0 Å². The van der Waals surface area contributed by atoms with Gasteiger partial charge in [0.25, 0.3) is 0 Å². The van der Waals surface area contributed by atoms with Crippen molar-refractivity contribution in [2.24, 2.45) is 11.8 Å². The topological polar surface area (TPSA) is 12.0 Å². The summed E-state index contributed by atoms with van der Waals surface area (Å²) in [5, 5.41) is 3.82. The summed E-state index contributed by atoms with van der Waals surface area (Å²) in [6.07, 6.45) is 5.18. The van der Waals surface area contributed by atoms with Gasteiger partial charge in [-0.3, -0.25) is 0 Å². The molecule has 1 saturated carbocycles. The molecule has 0 aliphatic heterocycles. The molecule has 1 aliphatic rings. The SMILES string of the molecule is CC(Cc1ccc(Br)cc1)NC1CCC(C)C(C)C1. The van der Waals surface area contributed by atoms with E-state index >= 15 is 0 Å². The fraction of sp³-hybridized carbons (Fsp3) is 0.647. The first-order chi connectivity index (χ1) is 9.04. The highest BCUT2D eigenvalue weighted by atomic mass is 79.9. The maximum absolute atomic E-state index is 3.82. The van der Waals surface area contributed by atoms with Gasteiger partial charge in [-0.2, -0.15) is 0 Å². The minimum absolute atomic E-state index is 0.562. The molecule has 0 radical (unpaired) electrons. The molecule has 0 saturated heterocycles. The smallest absolute Gasteiger partial charge is 0.0175 e. The zero-order valence-corrected chi connectivity index (χ0v) is 13.9. The van der Waals surface area contributed by atoms with Crippen LogP contribution in [0.4, 0.5) is 0 Å². The van der Waals surface area contributed by atoms with E-state index in [9.17, 15) is 0 Å². The fourth-order valence-electron chi connectivity index (χ4n) is 3.13. The Hall–Kier alpha value is -0.340. The molecule has 2 rings (SSSR count). The van der Waals surface area contributed by atoms with E-state index in [2.05, 4.69) is 66.3 Å². The van der Waals surface area contributed by atoms with Crippen LogP contribution in [0.25, 0.3) is 0 Å². The summed E-state index contributed by atoms with van der Waals surface area (Å²) in [6, 6.07) is 9.98. The van der Waals surface area contributed by atoms with Crippen LogP contribution in [0, 0.1) is 11.8 Å². The van der Waals surface area contributed by atoms with E-state index in [1.165, 1.54) is 24.8 Å². The number of halogens is 1. The Balaban J connectivity index is 1.81. The summed E-state index contributed by atoms with van der Waals surface area (Å²) in [5.41, 5.74) is 1.42. The third-order valence-electron chi connectivity index (χ3n) is 4.57. The van der Waals surface area contributed by atoms with Gasteiger partial charge in [-0.1, -0.05) is 41.9 Å². The summed E-state index contributed by atoms with van der Waals surface area (Å²) in [7, 11) is 0. The normalized spacial score (nSPS) is 29.2. The van der Waals surface area contributed by atoms with Crippen LogP contribution in [-0.4, -0.2) is 12.1 Å². The molecule has 0 amide bonds. The number of rotatable bonds is 4. The molecule has 1 aromatic rings. The Bertz CT molecular complexity index is 387. The van der Waals surface area contributed by atoms with E-state index in [4.69, 9.17) is 0 Å². The van der Waals surface area contributed by atoms with Crippen LogP contribution in [0.5, 0.6) is 0 Å². The van der Waals surface area contributed by atoms with Crippen LogP contribution in [0.2, 0.25) is 0 Å². The lowest BCUT2D eigenvalue weighted by Crippen LogP contribution is -2.41. The summed E-state index contributed by atoms with van der Waals surface area (Å²) in [6.45, 7) is 7.11. The van der Waals surface area contributed by atoms with Crippen molar-refractivity contribution in [2.45, 2.75) is 58.5 Å². The van der Waals surface area contributed by atoms with Crippen LogP contribution < -0.4 is 5.32 Å². The molecule has 1 N–H and O–H groups in total. The molecule has 4 unspecified atom stereocenters. The van der Waals surface area contributed by atoms with Gasteiger partial charge in [0.1, 0.15) is 0 Å². The fourth-order valence-corrected chi connectivity index (χ4v) is 3.40. The van der Waals surface area contributed by atoms with Crippen molar-refractivity contribution in [1.29, 1.82) is 0 Å². The average molecular weight is 324 g/mol. The standard InChI is InChI=1S/C17H26BrN/c1-12-4-9-17(10-13(12)2)19-14(3)11-15-5-7-16(18)8-6-15/h5-8,12-14,17,19H,4,9-11H2,1-3H3. The third-order valence-corrected chi connectivity index (χ3v) is 5.10. The maximum Gasteiger partial charge on any atom is 0.0175 e. The third kappa shape index (κ3) is 4.61. The first-order valence-corrected chi connectivity index (χ1v) is 8.34. The largest absolute Gasteiger partial charge is 0.311 e. The zero-order valence-electron chi connectivity index (χ0n) is 12.3. The van der Waals surface area contributed by atoms with E-state index in [-0.39, 0.29) is 0 Å². The summed E-state index contributed by atoms with van der Waals surface area (Å²) < 4.78 is 1.16. The molecule has 1 aromatic carbocycles. The minimum Gasteiger partial charge on any atom is -0.311 e. The van der Waals surface area contributed by atoms with Crippen LogP contribution >= 0.6 is 15.9 Å². The second kappa shape index (κ2) is 6.90. The molecular formula is C17H26BrN. The molecule has 0 aromatic heterocycles. The summed E-state index contributed by atoms with van der Waals surface area (Å²) in [4.78, 5) is 0. The molecule has 19 heavy (non-hydrogen) atoms. The van der Waals surface area contributed by atoms with E-state index in [1.807, 2.05) is 0 Å². The van der Waals surface area contributed by atoms with Crippen LogP contribution in [-0.2, 0) is 6.42 Å². The molecule has 0 heterocycles. The zero-order chi connectivity index (χ0) is 13.8. The van der Waals surface area contributed by atoms with Gasteiger partial charge in [0, 0.05) is 16.6 Å². The van der Waals surface area contributed by atoms with E-state index in [1.54, 1.807) is 0 Å². The lowest BCUT2D eigenvalue weighted by Gasteiger charge is -2.34. The van der Waals surface area contributed by atoms with Gasteiger partial charge in [-0.15, -0.1) is 0 Å².